The summed E-state index contributed by atoms with van der Waals surface area (Å²) in [5.74, 6) is -2.25. The standard InChI is InChI=1S/C19H28N4O5S/c1-12(20)17(25)21-11-16(24)22-15(10-13-6-4-3-5-7-13)18(26)23-14(19(27)28)8-9-29-2/h3-7,12,14-15H,8-11,20H2,1-2H3,(H,21,25)(H,22,24)(H,23,26)(H,27,28). The van der Waals surface area contributed by atoms with Crippen molar-refractivity contribution in [1.82, 2.24) is 16.0 Å². The van der Waals surface area contributed by atoms with Crippen molar-refractivity contribution in [2.45, 2.75) is 37.9 Å². The first-order valence-corrected chi connectivity index (χ1v) is 10.5. The first-order valence-electron chi connectivity index (χ1n) is 9.13. The first-order chi connectivity index (χ1) is 13.7. The van der Waals surface area contributed by atoms with E-state index in [-0.39, 0.29) is 19.4 Å². The van der Waals surface area contributed by atoms with Gasteiger partial charge < -0.3 is 26.8 Å². The second-order valence-electron chi connectivity index (χ2n) is 6.50. The van der Waals surface area contributed by atoms with Gasteiger partial charge in [-0.1, -0.05) is 30.3 Å². The summed E-state index contributed by atoms with van der Waals surface area (Å²) in [6, 6.07) is 6.21. The summed E-state index contributed by atoms with van der Waals surface area (Å²) >= 11 is 1.47. The van der Waals surface area contributed by atoms with Crippen LogP contribution in [0.25, 0.3) is 0 Å². The smallest absolute Gasteiger partial charge is 0.326 e. The third kappa shape index (κ3) is 9.44. The number of carboxylic acid groups (broad SMARTS) is 1. The van der Waals surface area contributed by atoms with E-state index >= 15 is 0 Å². The molecule has 1 aromatic carbocycles. The van der Waals surface area contributed by atoms with Gasteiger partial charge in [-0.2, -0.15) is 11.8 Å². The molecular formula is C19H28N4O5S. The van der Waals surface area contributed by atoms with Crippen molar-refractivity contribution >= 4 is 35.5 Å². The fraction of sp³-hybridized carbons (Fsp3) is 0.474. The van der Waals surface area contributed by atoms with E-state index in [4.69, 9.17) is 5.73 Å². The van der Waals surface area contributed by atoms with Gasteiger partial charge in [-0.25, -0.2) is 4.79 Å². The van der Waals surface area contributed by atoms with Crippen molar-refractivity contribution in [1.29, 1.82) is 0 Å². The molecule has 1 rings (SSSR count). The molecule has 1 aromatic rings. The first kappa shape index (κ1) is 24.4. The van der Waals surface area contributed by atoms with Crippen molar-refractivity contribution in [3.8, 4) is 0 Å². The van der Waals surface area contributed by atoms with Gasteiger partial charge in [-0.05, 0) is 30.9 Å². The summed E-state index contributed by atoms with van der Waals surface area (Å²) in [6.45, 7) is 1.15. The van der Waals surface area contributed by atoms with E-state index in [1.54, 1.807) is 24.3 Å². The van der Waals surface area contributed by atoms with Crippen LogP contribution in [0.3, 0.4) is 0 Å². The van der Waals surface area contributed by atoms with Crippen LogP contribution in [0, 0.1) is 0 Å². The molecule has 160 valence electrons. The molecule has 0 heterocycles. The van der Waals surface area contributed by atoms with Crippen molar-refractivity contribution in [2.24, 2.45) is 5.73 Å². The molecule has 3 amide bonds. The Kier molecular flexibility index (Phi) is 10.8. The Balaban J connectivity index is 2.83. The van der Waals surface area contributed by atoms with Crippen LogP contribution in [0.5, 0.6) is 0 Å². The van der Waals surface area contributed by atoms with Gasteiger partial charge in [0.05, 0.1) is 12.6 Å². The molecule has 0 aromatic heterocycles. The topological polar surface area (TPSA) is 151 Å². The highest BCUT2D eigenvalue weighted by atomic mass is 32.2. The summed E-state index contributed by atoms with van der Waals surface area (Å²) in [5, 5.41) is 16.7. The molecule has 0 spiro atoms. The monoisotopic (exact) mass is 424 g/mol. The highest BCUT2D eigenvalue weighted by Gasteiger charge is 2.26. The number of thioether (sulfide) groups is 1. The number of aliphatic carboxylic acids is 1. The van der Waals surface area contributed by atoms with Gasteiger partial charge in [-0.15, -0.1) is 0 Å². The van der Waals surface area contributed by atoms with Crippen LogP contribution >= 0.6 is 11.8 Å². The highest BCUT2D eigenvalue weighted by molar-refractivity contribution is 7.98. The maximum atomic E-state index is 12.7. The number of hydrogen-bond donors (Lipinski definition) is 5. The summed E-state index contributed by atoms with van der Waals surface area (Å²) in [5.41, 5.74) is 6.23. The quantitative estimate of drug-likeness (QED) is 0.303. The van der Waals surface area contributed by atoms with Gasteiger partial charge in [0.15, 0.2) is 0 Å². The molecule has 0 aliphatic carbocycles. The van der Waals surface area contributed by atoms with Crippen LogP contribution in [0.15, 0.2) is 30.3 Å². The molecule has 6 N–H and O–H groups in total. The van der Waals surface area contributed by atoms with Crippen molar-refractivity contribution < 1.29 is 24.3 Å². The molecule has 10 heteroatoms. The normalized spacial score (nSPS) is 13.6. The lowest BCUT2D eigenvalue weighted by Gasteiger charge is -2.22. The zero-order valence-corrected chi connectivity index (χ0v) is 17.3. The van der Waals surface area contributed by atoms with E-state index in [9.17, 15) is 24.3 Å². The van der Waals surface area contributed by atoms with Gasteiger partial charge in [0, 0.05) is 6.42 Å². The lowest BCUT2D eigenvalue weighted by molar-refractivity contribution is -0.142. The van der Waals surface area contributed by atoms with Crippen LogP contribution in [-0.4, -0.2) is 65.5 Å². The number of rotatable bonds is 12. The van der Waals surface area contributed by atoms with E-state index in [1.165, 1.54) is 18.7 Å². The molecule has 0 radical (unpaired) electrons. The van der Waals surface area contributed by atoms with Crippen LogP contribution in [0.4, 0.5) is 0 Å². The Morgan fingerprint density at radius 1 is 1.07 bits per heavy atom. The number of benzene rings is 1. The second-order valence-corrected chi connectivity index (χ2v) is 7.48. The molecule has 0 aliphatic heterocycles. The molecule has 9 nitrogen and oxygen atoms in total. The minimum absolute atomic E-state index is 0.175. The molecule has 29 heavy (non-hydrogen) atoms. The van der Waals surface area contributed by atoms with Gasteiger partial charge in [-0.3, -0.25) is 14.4 Å². The van der Waals surface area contributed by atoms with Crippen LogP contribution < -0.4 is 21.7 Å². The van der Waals surface area contributed by atoms with Crippen LogP contribution in [-0.2, 0) is 25.6 Å². The molecule has 3 unspecified atom stereocenters. The molecule has 3 atom stereocenters. The Hall–Kier alpha value is -2.59. The largest absolute Gasteiger partial charge is 0.480 e. The number of amides is 3. The zero-order chi connectivity index (χ0) is 21.8. The van der Waals surface area contributed by atoms with Crippen molar-refractivity contribution in [3.63, 3.8) is 0 Å². The maximum Gasteiger partial charge on any atom is 0.326 e. The Bertz CT molecular complexity index is 699. The number of carbonyl (C=O) groups excluding carboxylic acids is 3. The lowest BCUT2D eigenvalue weighted by Crippen LogP contribution is -2.54. The van der Waals surface area contributed by atoms with Crippen molar-refractivity contribution in [3.05, 3.63) is 35.9 Å². The predicted octanol–water partition coefficient (Wildman–Crippen LogP) is -0.500. The minimum atomic E-state index is -1.14. The van der Waals surface area contributed by atoms with Gasteiger partial charge in [0.25, 0.3) is 0 Å². The molecule has 0 saturated carbocycles. The average Bonchev–Trinajstić information content (AvgIpc) is 2.69. The summed E-state index contributed by atoms with van der Waals surface area (Å²) < 4.78 is 0. The van der Waals surface area contributed by atoms with Crippen LogP contribution in [0.2, 0.25) is 0 Å². The van der Waals surface area contributed by atoms with Gasteiger partial charge in [0.2, 0.25) is 17.7 Å². The highest BCUT2D eigenvalue weighted by Crippen LogP contribution is 2.06. The summed E-state index contributed by atoms with van der Waals surface area (Å²) in [7, 11) is 0. The Morgan fingerprint density at radius 2 is 1.72 bits per heavy atom. The fourth-order valence-corrected chi connectivity index (χ4v) is 2.87. The lowest BCUT2D eigenvalue weighted by atomic mass is 10.0. The number of nitrogens with two attached hydrogens (primary N) is 1. The predicted molar refractivity (Wildman–Crippen MR) is 111 cm³/mol. The van der Waals surface area contributed by atoms with E-state index in [1.807, 2.05) is 12.3 Å². The molecule has 0 fully saturated rings. The SMILES string of the molecule is CSCCC(NC(=O)C(Cc1ccccc1)NC(=O)CNC(=O)C(C)N)C(=O)O. The Morgan fingerprint density at radius 3 is 2.28 bits per heavy atom. The third-order valence-corrected chi connectivity index (χ3v) is 4.64. The third-order valence-electron chi connectivity index (χ3n) is 4.00. The van der Waals surface area contributed by atoms with Gasteiger partial charge >= 0.3 is 5.97 Å². The van der Waals surface area contributed by atoms with Crippen LogP contribution in [0.1, 0.15) is 18.9 Å². The number of nitrogens with one attached hydrogen (secondary N) is 3. The summed E-state index contributed by atoms with van der Waals surface area (Å²) in [6.07, 6.45) is 2.28. The second kappa shape index (κ2) is 12.8. The number of carbonyl (C=O) groups is 4. The molecule has 0 saturated heterocycles. The fourth-order valence-electron chi connectivity index (χ4n) is 2.40. The summed E-state index contributed by atoms with van der Waals surface area (Å²) in [4.78, 5) is 47.8. The van der Waals surface area contributed by atoms with E-state index in [0.29, 0.717) is 5.75 Å². The molecule has 0 bridgehead atoms. The number of carboxylic acids is 1. The molecule has 0 aliphatic rings. The van der Waals surface area contributed by atoms with E-state index < -0.39 is 41.8 Å². The van der Waals surface area contributed by atoms with Gasteiger partial charge in [0.1, 0.15) is 12.1 Å². The maximum absolute atomic E-state index is 12.7. The van der Waals surface area contributed by atoms with E-state index in [0.717, 1.165) is 5.56 Å². The molecular weight excluding hydrogens is 396 g/mol. The average molecular weight is 425 g/mol. The Labute approximate surface area is 174 Å². The van der Waals surface area contributed by atoms with Crippen molar-refractivity contribution in [2.75, 3.05) is 18.6 Å². The minimum Gasteiger partial charge on any atom is -0.480 e. The zero-order valence-electron chi connectivity index (χ0n) is 16.5. The van der Waals surface area contributed by atoms with E-state index in [2.05, 4.69) is 16.0 Å². The number of hydrogen-bond acceptors (Lipinski definition) is 6.